The number of halogens is 2. The van der Waals surface area contributed by atoms with Crippen LogP contribution in [-0.4, -0.2) is 34.8 Å². The average molecular weight is 310 g/mol. The van der Waals surface area contributed by atoms with E-state index in [1.54, 1.807) is 18.2 Å². The summed E-state index contributed by atoms with van der Waals surface area (Å²) in [6.07, 6.45) is 1.85. The smallest absolute Gasteiger partial charge is 0.387 e. The van der Waals surface area contributed by atoms with E-state index in [2.05, 4.69) is 16.3 Å². The number of rotatable bonds is 6. The van der Waals surface area contributed by atoms with Gasteiger partial charge in [0, 0.05) is 13.0 Å². The highest BCUT2D eigenvalue weighted by molar-refractivity contribution is 7.80. The molecule has 1 aromatic rings. The first-order chi connectivity index (χ1) is 10.0. The highest BCUT2D eigenvalue weighted by atomic mass is 32.1. The van der Waals surface area contributed by atoms with Crippen molar-refractivity contribution in [3.8, 4) is 5.75 Å². The molecule has 0 aromatic heterocycles. The maximum Gasteiger partial charge on any atom is 0.387 e. The van der Waals surface area contributed by atoms with E-state index in [9.17, 15) is 13.6 Å². The highest BCUT2D eigenvalue weighted by Crippen LogP contribution is 2.17. The Labute approximate surface area is 125 Å². The molecule has 110 valence electrons. The zero-order valence-electron chi connectivity index (χ0n) is 11.0. The van der Waals surface area contributed by atoms with Gasteiger partial charge < -0.3 is 4.74 Å². The molecule has 1 amide bonds. The van der Waals surface area contributed by atoms with Gasteiger partial charge in [0.15, 0.2) is 0 Å². The molecule has 0 saturated carbocycles. The molecule has 1 aromatic carbocycles. The normalized spacial score (nSPS) is 14.6. The van der Waals surface area contributed by atoms with Gasteiger partial charge in [-0.1, -0.05) is 18.2 Å². The second-order valence-corrected chi connectivity index (χ2v) is 4.61. The Morgan fingerprint density at radius 1 is 1.38 bits per heavy atom. The summed E-state index contributed by atoms with van der Waals surface area (Å²) in [7, 11) is 0. The summed E-state index contributed by atoms with van der Waals surface area (Å²) in [4.78, 5) is 17.5. The van der Waals surface area contributed by atoms with E-state index in [0.717, 1.165) is 5.56 Å². The SMILES string of the molecule is C=CCN1C(=O)C(Cc2ccc(OC(F)F)cc2)=NC1=S. The molecule has 0 atom stereocenters. The monoisotopic (exact) mass is 310 g/mol. The van der Waals surface area contributed by atoms with Gasteiger partial charge in [0.25, 0.3) is 5.91 Å². The predicted octanol–water partition coefficient (Wildman–Crippen LogP) is 2.58. The molecule has 0 bridgehead atoms. The summed E-state index contributed by atoms with van der Waals surface area (Å²) in [6, 6.07) is 6.04. The molecule has 0 aliphatic carbocycles. The number of hydrogen-bond donors (Lipinski definition) is 0. The molecule has 0 saturated heterocycles. The Hall–Kier alpha value is -2.15. The molecule has 1 heterocycles. The second-order valence-electron chi connectivity index (χ2n) is 4.24. The van der Waals surface area contributed by atoms with Crippen molar-refractivity contribution in [2.45, 2.75) is 13.0 Å². The second kappa shape index (κ2) is 6.53. The number of amides is 1. The molecule has 1 aliphatic heterocycles. The Balaban J connectivity index is 2.05. The summed E-state index contributed by atoms with van der Waals surface area (Å²) in [6.45, 7) is 1.01. The standard InChI is InChI=1S/C14H12F2N2O2S/c1-2-7-18-12(19)11(17-14(18)21)8-9-3-5-10(6-4-9)20-13(15)16/h2-6,13H,1,7-8H2. The molecule has 7 heteroatoms. The van der Waals surface area contributed by atoms with E-state index in [4.69, 9.17) is 12.2 Å². The summed E-state index contributed by atoms with van der Waals surface area (Å²) in [5, 5.41) is 0.215. The maximum absolute atomic E-state index is 12.1. The van der Waals surface area contributed by atoms with Gasteiger partial charge in [-0.05, 0) is 29.9 Å². The lowest BCUT2D eigenvalue weighted by Crippen LogP contribution is -2.33. The van der Waals surface area contributed by atoms with Crippen molar-refractivity contribution >= 4 is 28.9 Å². The van der Waals surface area contributed by atoms with Gasteiger partial charge in [-0.2, -0.15) is 8.78 Å². The Kier molecular flexibility index (Phi) is 4.74. The molecule has 0 fully saturated rings. The zero-order valence-corrected chi connectivity index (χ0v) is 11.8. The lowest BCUT2D eigenvalue weighted by Gasteiger charge is -2.11. The average Bonchev–Trinajstić information content (AvgIpc) is 2.69. The maximum atomic E-state index is 12.1. The van der Waals surface area contributed by atoms with Gasteiger partial charge >= 0.3 is 6.61 Å². The number of nitrogens with zero attached hydrogens (tertiary/aromatic N) is 2. The number of carbonyl (C=O) groups excluding carboxylic acids is 1. The topological polar surface area (TPSA) is 41.9 Å². The van der Waals surface area contributed by atoms with Crippen molar-refractivity contribution in [1.29, 1.82) is 0 Å². The molecule has 0 spiro atoms. The van der Waals surface area contributed by atoms with Crippen LogP contribution in [0.4, 0.5) is 8.78 Å². The molecule has 4 nitrogen and oxygen atoms in total. The first-order valence-electron chi connectivity index (χ1n) is 6.09. The van der Waals surface area contributed by atoms with Crippen molar-refractivity contribution in [3.05, 3.63) is 42.5 Å². The lowest BCUT2D eigenvalue weighted by molar-refractivity contribution is -0.119. The first kappa shape index (κ1) is 15.2. The van der Waals surface area contributed by atoms with E-state index < -0.39 is 6.61 Å². The van der Waals surface area contributed by atoms with Crippen LogP contribution in [0, 0.1) is 0 Å². The molecular weight excluding hydrogens is 298 g/mol. The van der Waals surface area contributed by atoms with Crippen LogP contribution in [0.5, 0.6) is 5.75 Å². The van der Waals surface area contributed by atoms with Crippen molar-refractivity contribution in [2.24, 2.45) is 4.99 Å². The van der Waals surface area contributed by atoms with Gasteiger partial charge in [0.1, 0.15) is 11.5 Å². The highest BCUT2D eigenvalue weighted by Gasteiger charge is 2.29. The molecule has 0 radical (unpaired) electrons. The van der Waals surface area contributed by atoms with Gasteiger partial charge in [-0.25, -0.2) is 4.99 Å². The van der Waals surface area contributed by atoms with Crippen LogP contribution in [0.25, 0.3) is 0 Å². The van der Waals surface area contributed by atoms with E-state index in [1.165, 1.54) is 17.0 Å². The van der Waals surface area contributed by atoms with Gasteiger partial charge in [0.2, 0.25) is 5.11 Å². The van der Waals surface area contributed by atoms with E-state index in [-0.39, 0.29) is 23.2 Å². The quantitative estimate of drug-likeness (QED) is 0.599. The molecule has 1 aliphatic rings. The van der Waals surface area contributed by atoms with Crippen LogP contribution in [0.3, 0.4) is 0 Å². The van der Waals surface area contributed by atoms with E-state index in [0.29, 0.717) is 12.3 Å². The van der Waals surface area contributed by atoms with Gasteiger partial charge in [-0.15, -0.1) is 6.58 Å². The zero-order chi connectivity index (χ0) is 15.4. The molecule has 0 N–H and O–H groups in total. The van der Waals surface area contributed by atoms with Crippen molar-refractivity contribution in [3.63, 3.8) is 0 Å². The third-order valence-electron chi connectivity index (χ3n) is 2.79. The number of benzene rings is 1. The number of hydrogen-bond acceptors (Lipinski definition) is 3. The van der Waals surface area contributed by atoms with E-state index in [1.807, 2.05) is 0 Å². The summed E-state index contributed by atoms with van der Waals surface area (Å²) >= 11 is 5.01. The third-order valence-corrected chi connectivity index (χ3v) is 3.10. The summed E-state index contributed by atoms with van der Waals surface area (Å²) in [5.41, 5.74) is 1.08. The lowest BCUT2D eigenvalue weighted by atomic mass is 10.1. The van der Waals surface area contributed by atoms with Crippen LogP contribution < -0.4 is 4.74 Å². The molecule has 2 rings (SSSR count). The molecular formula is C14H12F2N2O2S. The number of ether oxygens (including phenoxy) is 1. The molecule has 0 unspecified atom stereocenters. The van der Waals surface area contributed by atoms with Crippen LogP contribution in [0.15, 0.2) is 41.9 Å². The summed E-state index contributed by atoms with van der Waals surface area (Å²) in [5.74, 6) is -0.190. The fourth-order valence-corrected chi connectivity index (χ4v) is 2.12. The minimum atomic E-state index is -2.86. The van der Waals surface area contributed by atoms with Crippen LogP contribution in [-0.2, 0) is 11.2 Å². The third kappa shape index (κ3) is 3.69. The van der Waals surface area contributed by atoms with Crippen molar-refractivity contribution < 1.29 is 18.3 Å². The predicted molar refractivity (Wildman–Crippen MR) is 78.7 cm³/mol. The van der Waals surface area contributed by atoms with Gasteiger partial charge in [-0.3, -0.25) is 9.69 Å². The van der Waals surface area contributed by atoms with Crippen LogP contribution in [0.1, 0.15) is 5.56 Å². The van der Waals surface area contributed by atoms with Crippen molar-refractivity contribution in [2.75, 3.05) is 6.54 Å². The fraction of sp³-hybridized carbons (Fsp3) is 0.214. The minimum absolute atomic E-state index is 0.0669. The van der Waals surface area contributed by atoms with Gasteiger partial charge in [0.05, 0.1) is 0 Å². The first-order valence-corrected chi connectivity index (χ1v) is 6.50. The Morgan fingerprint density at radius 3 is 2.62 bits per heavy atom. The number of alkyl halides is 2. The van der Waals surface area contributed by atoms with E-state index >= 15 is 0 Å². The Morgan fingerprint density at radius 2 is 2.05 bits per heavy atom. The largest absolute Gasteiger partial charge is 0.435 e. The minimum Gasteiger partial charge on any atom is -0.435 e. The fourth-order valence-electron chi connectivity index (χ4n) is 1.85. The number of aliphatic imine (C=N–C) groups is 1. The van der Waals surface area contributed by atoms with Crippen LogP contribution in [0.2, 0.25) is 0 Å². The summed E-state index contributed by atoms with van der Waals surface area (Å²) < 4.78 is 28.3. The number of carbonyl (C=O) groups is 1. The number of thiocarbonyl (C=S) groups is 1. The Bertz CT molecular complexity index is 599. The van der Waals surface area contributed by atoms with Crippen molar-refractivity contribution in [1.82, 2.24) is 4.90 Å². The molecule has 21 heavy (non-hydrogen) atoms. The van der Waals surface area contributed by atoms with Crippen LogP contribution >= 0.6 is 12.2 Å².